The molecule has 0 atom stereocenters. The molecule has 0 aliphatic rings. The average molecular weight is 273 g/mol. The average Bonchev–Trinajstić information content (AvgIpc) is 2.86. The van der Waals surface area contributed by atoms with Gasteiger partial charge in [-0.2, -0.15) is 0 Å². The van der Waals surface area contributed by atoms with Gasteiger partial charge < -0.3 is 4.74 Å². The maximum absolute atomic E-state index is 11.3. The Labute approximate surface area is 106 Å². The standard InChI is InChI=1S/C11H9ClO2S2/c1-6-5-9(16-10(6)12)7-3-4-8(15-7)11(13)14-2/h3-5H,1-2H3. The van der Waals surface area contributed by atoms with Crippen LogP contribution in [0, 0.1) is 6.92 Å². The van der Waals surface area contributed by atoms with Gasteiger partial charge in [0.05, 0.1) is 11.4 Å². The Morgan fingerprint density at radius 2 is 2.06 bits per heavy atom. The van der Waals surface area contributed by atoms with E-state index in [1.165, 1.54) is 29.8 Å². The summed E-state index contributed by atoms with van der Waals surface area (Å²) in [5, 5.41) is 0. The molecular weight excluding hydrogens is 264 g/mol. The molecule has 0 N–H and O–H groups in total. The van der Waals surface area contributed by atoms with Crippen molar-refractivity contribution in [1.82, 2.24) is 0 Å². The maximum Gasteiger partial charge on any atom is 0.348 e. The van der Waals surface area contributed by atoms with E-state index in [1.54, 1.807) is 6.07 Å². The third kappa shape index (κ3) is 2.14. The molecule has 0 saturated carbocycles. The van der Waals surface area contributed by atoms with Crippen molar-refractivity contribution in [3.8, 4) is 9.75 Å². The molecule has 0 radical (unpaired) electrons. The second-order valence-corrected chi connectivity index (χ2v) is 5.96. The van der Waals surface area contributed by atoms with Crippen LogP contribution in [0.25, 0.3) is 9.75 Å². The van der Waals surface area contributed by atoms with E-state index in [4.69, 9.17) is 11.6 Å². The number of carbonyl (C=O) groups excluding carboxylic acids is 1. The van der Waals surface area contributed by atoms with Gasteiger partial charge >= 0.3 is 5.97 Å². The summed E-state index contributed by atoms with van der Waals surface area (Å²) in [6.45, 7) is 1.97. The van der Waals surface area contributed by atoms with Gasteiger partial charge in [0.2, 0.25) is 0 Å². The second kappa shape index (κ2) is 4.57. The number of hydrogen-bond donors (Lipinski definition) is 0. The fraction of sp³-hybridized carbons (Fsp3) is 0.182. The largest absolute Gasteiger partial charge is 0.465 e. The quantitative estimate of drug-likeness (QED) is 0.765. The number of thiophene rings is 2. The number of methoxy groups -OCH3 is 1. The van der Waals surface area contributed by atoms with Crippen molar-refractivity contribution in [2.45, 2.75) is 6.92 Å². The van der Waals surface area contributed by atoms with Crippen molar-refractivity contribution in [2.75, 3.05) is 7.11 Å². The first-order valence-corrected chi connectivity index (χ1v) is 6.57. The van der Waals surface area contributed by atoms with Crippen LogP contribution < -0.4 is 0 Å². The molecule has 2 rings (SSSR count). The highest BCUT2D eigenvalue weighted by Gasteiger charge is 2.12. The molecule has 5 heteroatoms. The predicted molar refractivity (Wildman–Crippen MR) is 68.7 cm³/mol. The summed E-state index contributed by atoms with van der Waals surface area (Å²) in [5.41, 5.74) is 1.06. The summed E-state index contributed by atoms with van der Waals surface area (Å²) in [5.74, 6) is -0.296. The monoisotopic (exact) mass is 272 g/mol. The van der Waals surface area contributed by atoms with Gasteiger partial charge in [-0.25, -0.2) is 4.79 Å². The van der Waals surface area contributed by atoms with Crippen LogP contribution in [0.15, 0.2) is 18.2 Å². The Hall–Kier alpha value is -0.840. The fourth-order valence-electron chi connectivity index (χ4n) is 1.26. The zero-order valence-electron chi connectivity index (χ0n) is 8.74. The number of ether oxygens (including phenoxy) is 1. The summed E-state index contributed by atoms with van der Waals surface area (Å²) in [4.78, 5) is 14.0. The molecule has 0 bridgehead atoms. The topological polar surface area (TPSA) is 26.3 Å². The van der Waals surface area contributed by atoms with Crippen LogP contribution in [-0.4, -0.2) is 13.1 Å². The van der Waals surface area contributed by atoms with E-state index in [1.807, 2.05) is 19.1 Å². The molecule has 2 aromatic rings. The van der Waals surface area contributed by atoms with Gasteiger partial charge in [-0.3, -0.25) is 0 Å². The Kier molecular flexibility index (Phi) is 3.33. The molecule has 0 amide bonds. The molecule has 0 fully saturated rings. The lowest BCUT2D eigenvalue weighted by atomic mass is 10.3. The van der Waals surface area contributed by atoms with Gasteiger partial charge in [0, 0.05) is 9.75 Å². The Bertz CT molecular complexity index is 508. The van der Waals surface area contributed by atoms with Crippen LogP contribution in [-0.2, 0) is 4.74 Å². The maximum atomic E-state index is 11.3. The third-order valence-corrected chi connectivity index (χ3v) is 4.91. The lowest BCUT2D eigenvalue weighted by Crippen LogP contribution is -1.96. The third-order valence-electron chi connectivity index (χ3n) is 2.09. The van der Waals surface area contributed by atoms with Gasteiger partial charge in [-0.05, 0) is 30.7 Å². The first kappa shape index (κ1) is 11.6. The number of esters is 1. The Morgan fingerprint density at radius 1 is 1.31 bits per heavy atom. The van der Waals surface area contributed by atoms with Crippen LogP contribution in [0.4, 0.5) is 0 Å². The fourth-order valence-corrected chi connectivity index (χ4v) is 3.47. The minimum atomic E-state index is -0.296. The van der Waals surface area contributed by atoms with Gasteiger partial charge in [0.15, 0.2) is 0 Å². The van der Waals surface area contributed by atoms with Crippen molar-refractivity contribution in [3.63, 3.8) is 0 Å². The van der Waals surface area contributed by atoms with E-state index in [9.17, 15) is 4.79 Å². The van der Waals surface area contributed by atoms with Crippen LogP contribution in [0.1, 0.15) is 15.2 Å². The first-order valence-electron chi connectivity index (χ1n) is 4.56. The van der Waals surface area contributed by atoms with E-state index in [2.05, 4.69) is 4.74 Å². The highest BCUT2D eigenvalue weighted by molar-refractivity contribution is 7.24. The van der Waals surface area contributed by atoms with Gasteiger partial charge in [0.25, 0.3) is 0 Å². The summed E-state index contributed by atoms with van der Waals surface area (Å²) >= 11 is 8.95. The lowest BCUT2D eigenvalue weighted by molar-refractivity contribution is 0.0606. The highest BCUT2D eigenvalue weighted by atomic mass is 35.5. The molecule has 84 valence electrons. The summed E-state index contributed by atoms with van der Waals surface area (Å²) in [7, 11) is 1.38. The van der Waals surface area contributed by atoms with Crippen LogP contribution in [0.5, 0.6) is 0 Å². The molecule has 0 spiro atoms. The summed E-state index contributed by atoms with van der Waals surface area (Å²) in [6, 6.07) is 5.72. The molecule has 2 aromatic heterocycles. The zero-order chi connectivity index (χ0) is 11.7. The number of hydrogen-bond acceptors (Lipinski definition) is 4. The van der Waals surface area contributed by atoms with E-state index in [0.717, 1.165) is 19.7 Å². The number of carbonyl (C=O) groups is 1. The molecule has 16 heavy (non-hydrogen) atoms. The van der Waals surface area contributed by atoms with Crippen molar-refractivity contribution >= 4 is 40.2 Å². The molecular formula is C11H9ClO2S2. The van der Waals surface area contributed by atoms with Crippen molar-refractivity contribution in [1.29, 1.82) is 0 Å². The summed E-state index contributed by atoms with van der Waals surface area (Å²) < 4.78 is 5.46. The molecule has 2 heterocycles. The summed E-state index contributed by atoms with van der Waals surface area (Å²) in [6.07, 6.45) is 0. The van der Waals surface area contributed by atoms with Crippen LogP contribution in [0.3, 0.4) is 0 Å². The molecule has 0 aromatic carbocycles. The molecule has 2 nitrogen and oxygen atoms in total. The highest BCUT2D eigenvalue weighted by Crippen LogP contribution is 2.37. The van der Waals surface area contributed by atoms with E-state index in [-0.39, 0.29) is 5.97 Å². The van der Waals surface area contributed by atoms with Gasteiger partial charge in [-0.15, -0.1) is 22.7 Å². The molecule has 0 saturated heterocycles. The normalized spacial score (nSPS) is 10.4. The second-order valence-electron chi connectivity index (χ2n) is 3.22. The van der Waals surface area contributed by atoms with Gasteiger partial charge in [0.1, 0.15) is 4.88 Å². The molecule has 0 unspecified atom stereocenters. The molecule has 0 aliphatic carbocycles. The lowest BCUT2D eigenvalue weighted by Gasteiger charge is -1.92. The number of rotatable bonds is 2. The molecule has 0 aliphatic heterocycles. The first-order chi connectivity index (χ1) is 7.61. The minimum absolute atomic E-state index is 0.296. The minimum Gasteiger partial charge on any atom is -0.465 e. The predicted octanol–water partition coefficient (Wildman–Crippen LogP) is 4.23. The van der Waals surface area contributed by atoms with E-state index >= 15 is 0 Å². The van der Waals surface area contributed by atoms with Crippen LogP contribution >= 0.6 is 34.3 Å². The van der Waals surface area contributed by atoms with E-state index in [0.29, 0.717) is 4.88 Å². The van der Waals surface area contributed by atoms with Crippen molar-refractivity contribution < 1.29 is 9.53 Å². The van der Waals surface area contributed by atoms with E-state index < -0.39 is 0 Å². The Balaban J connectivity index is 2.35. The SMILES string of the molecule is COC(=O)c1ccc(-c2cc(C)c(Cl)s2)s1. The van der Waals surface area contributed by atoms with Crippen molar-refractivity contribution in [2.24, 2.45) is 0 Å². The smallest absolute Gasteiger partial charge is 0.348 e. The number of halogens is 1. The van der Waals surface area contributed by atoms with Gasteiger partial charge in [-0.1, -0.05) is 11.6 Å². The van der Waals surface area contributed by atoms with Crippen molar-refractivity contribution in [3.05, 3.63) is 33.0 Å². The van der Waals surface area contributed by atoms with Crippen LogP contribution in [0.2, 0.25) is 4.34 Å². The number of aryl methyl sites for hydroxylation is 1. The zero-order valence-corrected chi connectivity index (χ0v) is 11.1. The Morgan fingerprint density at radius 3 is 2.62 bits per heavy atom.